The maximum atomic E-state index is 12.2. The number of aliphatic hydroxyl groups is 1. The number of fused-ring (bicyclic) bond motifs is 1. The van der Waals surface area contributed by atoms with Gasteiger partial charge in [0, 0.05) is 42.4 Å². The van der Waals surface area contributed by atoms with E-state index >= 15 is 0 Å². The molecule has 1 aliphatic rings. The van der Waals surface area contributed by atoms with Crippen LogP contribution in [0.3, 0.4) is 0 Å². The number of carbonyl (C=O) groups is 1. The van der Waals surface area contributed by atoms with Crippen LogP contribution in [0.15, 0.2) is 18.2 Å². The van der Waals surface area contributed by atoms with Gasteiger partial charge in [0.2, 0.25) is 11.0 Å². The predicted octanol–water partition coefficient (Wildman–Crippen LogP) is 2.21. The number of rotatable bonds is 8. The Hall–Kier alpha value is -3.33. The summed E-state index contributed by atoms with van der Waals surface area (Å²) in [6.07, 6.45) is 0.713. The van der Waals surface area contributed by atoms with Crippen LogP contribution in [0.2, 0.25) is 0 Å². The van der Waals surface area contributed by atoms with Crippen molar-refractivity contribution in [1.29, 1.82) is 5.26 Å². The highest BCUT2D eigenvalue weighted by Gasteiger charge is 2.26. The summed E-state index contributed by atoms with van der Waals surface area (Å²) in [6.45, 7) is 9.15. The Morgan fingerprint density at radius 2 is 2.14 bits per heavy atom. The lowest BCUT2D eigenvalue weighted by Crippen LogP contribution is -2.43. The van der Waals surface area contributed by atoms with Gasteiger partial charge in [-0.3, -0.25) is 9.69 Å². The molecular formula is C24H29N7O3S. The van der Waals surface area contributed by atoms with E-state index in [2.05, 4.69) is 26.5 Å². The van der Waals surface area contributed by atoms with E-state index in [4.69, 9.17) is 14.9 Å². The molecule has 11 heteroatoms. The number of aliphatic hydroxyl groups excluding tert-OH is 1. The van der Waals surface area contributed by atoms with Crippen LogP contribution in [0.1, 0.15) is 43.3 Å². The van der Waals surface area contributed by atoms with Crippen molar-refractivity contribution in [3.8, 4) is 27.5 Å². The van der Waals surface area contributed by atoms with Gasteiger partial charge in [-0.2, -0.15) is 10.4 Å². The van der Waals surface area contributed by atoms with E-state index < -0.39 is 0 Å². The maximum Gasteiger partial charge on any atom is 0.234 e. The van der Waals surface area contributed by atoms with Gasteiger partial charge in [-0.05, 0) is 45.9 Å². The molecule has 10 nitrogen and oxygen atoms in total. The molecule has 1 aliphatic heterocycles. The van der Waals surface area contributed by atoms with E-state index in [1.54, 1.807) is 19.1 Å². The number of ether oxygens (including phenoxy) is 1. The average molecular weight is 496 g/mol. The van der Waals surface area contributed by atoms with E-state index in [9.17, 15) is 10.1 Å². The number of hydrogen-bond donors (Lipinski definition) is 2. The lowest BCUT2D eigenvalue weighted by molar-refractivity contribution is -0.123. The minimum Gasteiger partial charge on any atom is -0.490 e. The van der Waals surface area contributed by atoms with E-state index in [0.717, 1.165) is 35.5 Å². The Bertz CT molecular complexity index is 1260. The summed E-state index contributed by atoms with van der Waals surface area (Å²) in [7, 11) is 0. The number of aromatic nitrogens is 4. The second kappa shape index (κ2) is 10.5. The maximum absolute atomic E-state index is 12.2. The zero-order valence-corrected chi connectivity index (χ0v) is 21.1. The molecule has 0 unspecified atom stereocenters. The number of hydrogen-bond acceptors (Lipinski definition) is 9. The summed E-state index contributed by atoms with van der Waals surface area (Å²) in [4.78, 5) is 14.3. The molecule has 1 amide bonds. The van der Waals surface area contributed by atoms with Crippen molar-refractivity contribution in [2.24, 2.45) is 0 Å². The number of nitrogens with one attached hydrogen (secondary N) is 1. The molecule has 3 aromatic rings. The SMILES string of the molecule is Cc1c2c(nn1-c1nnc(-c3ccc(OC(C)C)c(C#N)c3)s1)CCN(CC(=O)N[C@@H](C)CO)C2. The topological polar surface area (TPSA) is 129 Å². The second-order valence-electron chi connectivity index (χ2n) is 8.91. The molecule has 0 spiro atoms. The molecule has 0 radical (unpaired) electrons. The molecule has 1 atom stereocenters. The third kappa shape index (κ3) is 5.51. The lowest BCUT2D eigenvalue weighted by Gasteiger charge is -2.26. The van der Waals surface area contributed by atoms with Gasteiger partial charge in [0.1, 0.15) is 16.8 Å². The van der Waals surface area contributed by atoms with Crippen molar-refractivity contribution in [2.75, 3.05) is 19.7 Å². The van der Waals surface area contributed by atoms with Gasteiger partial charge in [0.25, 0.3) is 0 Å². The van der Waals surface area contributed by atoms with Gasteiger partial charge in [-0.25, -0.2) is 4.68 Å². The first kappa shape index (κ1) is 24.8. The first-order chi connectivity index (χ1) is 16.8. The molecule has 184 valence electrons. The largest absolute Gasteiger partial charge is 0.490 e. The molecule has 0 bridgehead atoms. The Balaban J connectivity index is 1.52. The molecule has 0 fully saturated rings. The molecule has 35 heavy (non-hydrogen) atoms. The zero-order chi connectivity index (χ0) is 25.1. The van der Waals surface area contributed by atoms with Crippen molar-refractivity contribution in [1.82, 2.24) is 30.2 Å². The van der Waals surface area contributed by atoms with Gasteiger partial charge in [-0.1, -0.05) is 11.3 Å². The van der Waals surface area contributed by atoms with Crippen LogP contribution < -0.4 is 10.1 Å². The van der Waals surface area contributed by atoms with Crippen LogP contribution in [0, 0.1) is 18.3 Å². The summed E-state index contributed by atoms with van der Waals surface area (Å²) < 4.78 is 7.52. The van der Waals surface area contributed by atoms with E-state index in [-0.39, 0.29) is 31.2 Å². The normalized spacial score (nSPS) is 14.4. The van der Waals surface area contributed by atoms with Crippen molar-refractivity contribution in [3.05, 3.63) is 40.7 Å². The molecule has 2 aromatic heterocycles. The standard InChI is InChI=1S/C24H29N7O3S/c1-14(2)34-21-6-5-17(9-18(21)10-25)23-27-28-24(35-23)31-16(4)19-11-30(8-7-20(19)29-31)12-22(33)26-15(3)13-32/h5-6,9,14-15,32H,7-8,11-13H2,1-4H3,(H,26,33)/t15-/m0/s1. The Morgan fingerprint density at radius 1 is 1.34 bits per heavy atom. The molecule has 3 heterocycles. The van der Waals surface area contributed by atoms with Crippen LogP contribution in [0.4, 0.5) is 0 Å². The Kier molecular flexibility index (Phi) is 7.45. The van der Waals surface area contributed by atoms with Gasteiger partial charge in [0.15, 0.2) is 0 Å². The highest BCUT2D eigenvalue weighted by atomic mass is 32.1. The molecule has 4 rings (SSSR count). The zero-order valence-electron chi connectivity index (χ0n) is 20.3. The first-order valence-electron chi connectivity index (χ1n) is 11.5. The number of amides is 1. The fourth-order valence-corrected chi connectivity index (χ4v) is 4.83. The van der Waals surface area contributed by atoms with Crippen molar-refractivity contribution < 1.29 is 14.6 Å². The third-order valence-electron chi connectivity index (χ3n) is 5.72. The quantitative estimate of drug-likeness (QED) is 0.487. The summed E-state index contributed by atoms with van der Waals surface area (Å²) in [5.74, 6) is 0.450. The lowest BCUT2D eigenvalue weighted by atomic mass is 10.1. The summed E-state index contributed by atoms with van der Waals surface area (Å²) in [6, 6.07) is 7.37. The summed E-state index contributed by atoms with van der Waals surface area (Å²) in [5.41, 5.74) is 4.32. The Morgan fingerprint density at radius 3 is 2.86 bits per heavy atom. The van der Waals surface area contributed by atoms with Crippen molar-refractivity contribution in [2.45, 2.75) is 52.8 Å². The highest BCUT2D eigenvalue weighted by molar-refractivity contribution is 7.17. The molecular weight excluding hydrogens is 466 g/mol. The molecule has 0 saturated carbocycles. The monoisotopic (exact) mass is 495 g/mol. The van der Waals surface area contributed by atoms with Crippen molar-refractivity contribution in [3.63, 3.8) is 0 Å². The molecule has 1 aromatic carbocycles. The predicted molar refractivity (Wildman–Crippen MR) is 131 cm³/mol. The van der Waals surface area contributed by atoms with E-state index in [0.29, 0.717) is 28.0 Å². The fourth-order valence-electron chi connectivity index (χ4n) is 3.98. The van der Waals surface area contributed by atoms with Crippen LogP contribution in [-0.2, 0) is 17.8 Å². The molecule has 0 saturated heterocycles. The minimum absolute atomic E-state index is 0.0238. The average Bonchev–Trinajstić information content (AvgIpc) is 3.44. The van der Waals surface area contributed by atoms with E-state index in [1.807, 2.05) is 31.5 Å². The summed E-state index contributed by atoms with van der Waals surface area (Å²) in [5, 5.41) is 36.3. The van der Waals surface area contributed by atoms with Gasteiger partial charge < -0.3 is 15.2 Å². The number of nitriles is 1. The number of benzene rings is 1. The van der Waals surface area contributed by atoms with Gasteiger partial charge in [0.05, 0.1) is 30.5 Å². The Labute approximate surface area is 208 Å². The third-order valence-corrected chi connectivity index (χ3v) is 6.67. The van der Waals surface area contributed by atoms with Crippen molar-refractivity contribution >= 4 is 17.2 Å². The number of nitrogens with zero attached hydrogens (tertiary/aromatic N) is 6. The van der Waals surface area contributed by atoms with E-state index in [1.165, 1.54) is 11.3 Å². The van der Waals surface area contributed by atoms with Gasteiger partial charge >= 0.3 is 0 Å². The van der Waals surface area contributed by atoms with Crippen LogP contribution in [0.25, 0.3) is 15.7 Å². The minimum atomic E-state index is -0.262. The van der Waals surface area contributed by atoms with Gasteiger partial charge in [-0.15, -0.1) is 10.2 Å². The van der Waals surface area contributed by atoms with Crippen LogP contribution >= 0.6 is 11.3 Å². The van der Waals surface area contributed by atoms with Crippen LogP contribution in [0.5, 0.6) is 5.75 Å². The summed E-state index contributed by atoms with van der Waals surface area (Å²) >= 11 is 1.40. The first-order valence-corrected chi connectivity index (χ1v) is 12.4. The van der Waals surface area contributed by atoms with Crippen LogP contribution in [-0.4, -0.2) is 67.7 Å². The fraction of sp³-hybridized carbons (Fsp3) is 0.458. The molecule has 0 aliphatic carbocycles. The highest BCUT2D eigenvalue weighted by Crippen LogP contribution is 2.31. The molecule has 2 N–H and O–H groups in total. The number of carbonyl (C=O) groups excluding carboxylic acids is 1. The smallest absolute Gasteiger partial charge is 0.234 e. The second-order valence-corrected chi connectivity index (χ2v) is 9.87.